The minimum Gasteiger partial charge on any atom is -0.495 e. The van der Waals surface area contributed by atoms with Crippen LogP contribution in [0.4, 0.5) is 16.8 Å². The van der Waals surface area contributed by atoms with Gasteiger partial charge in [-0.25, -0.2) is 4.98 Å². The molecule has 1 aromatic carbocycles. The van der Waals surface area contributed by atoms with Crippen molar-refractivity contribution in [2.45, 2.75) is 56.5 Å². The lowest BCUT2D eigenvalue weighted by molar-refractivity contribution is -0.115. The van der Waals surface area contributed by atoms with E-state index in [4.69, 9.17) is 9.72 Å². The highest BCUT2D eigenvalue weighted by Gasteiger charge is 2.32. The Morgan fingerprint density at radius 2 is 1.97 bits per heavy atom. The standard InChI is InChI=1S/C24H30N6O2S2/c1-16-10-12-28(13-11-16)22-26-27-24(30(22)19-8-9-19)34-15-18-14-33-23(25-18)29(17(2)31)20-6-4-5-7-21(20)32-3/h4-7,14,16,19H,8-13,15H2,1-3H3. The highest BCUT2D eigenvalue weighted by Crippen LogP contribution is 2.42. The molecule has 0 radical (unpaired) electrons. The number of amides is 1. The Labute approximate surface area is 208 Å². The topological polar surface area (TPSA) is 76.4 Å². The molecule has 180 valence electrons. The molecule has 2 fully saturated rings. The number of hydrogen-bond acceptors (Lipinski definition) is 8. The van der Waals surface area contributed by atoms with Gasteiger partial charge in [-0.1, -0.05) is 30.8 Å². The molecule has 0 unspecified atom stereocenters. The minimum atomic E-state index is -0.105. The molecule has 0 N–H and O–H groups in total. The first kappa shape index (κ1) is 23.2. The fourth-order valence-electron chi connectivity index (χ4n) is 4.27. The lowest BCUT2D eigenvalue weighted by atomic mass is 10.00. The van der Waals surface area contributed by atoms with Crippen LogP contribution in [-0.4, -0.2) is 45.9 Å². The number of aromatic nitrogens is 4. The van der Waals surface area contributed by atoms with E-state index in [-0.39, 0.29) is 5.91 Å². The van der Waals surface area contributed by atoms with Gasteiger partial charge in [0.2, 0.25) is 11.9 Å². The fourth-order valence-corrected chi connectivity index (χ4v) is 6.15. The van der Waals surface area contributed by atoms with Gasteiger partial charge in [0.25, 0.3) is 0 Å². The highest BCUT2D eigenvalue weighted by atomic mass is 32.2. The first-order chi connectivity index (χ1) is 16.5. The van der Waals surface area contributed by atoms with Crippen molar-refractivity contribution in [3.63, 3.8) is 0 Å². The van der Waals surface area contributed by atoms with E-state index in [2.05, 4.69) is 26.6 Å². The molecule has 34 heavy (non-hydrogen) atoms. The van der Waals surface area contributed by atoms with Crippen molar-refractivity contribution < 1.29 is 9.53 Å². The van der Waals surface area contributed by atoms with Crippen LogP contribution in [0.1, 0.15) is 51.3 Å². The summed E-state index contributed by atoms with van der Waals surface area (Å²) in [5, 5.41) is 12.8. The summed E-state index contributed by atoms with van der Waals surface area (Å²) in [6, 6.07) is 8.01. The molecular weight excluding hydrogens is 468 g/mol. The van der Waals surface area contributed by atoms with E-state index >= 15 is 0 Å². The summed E-state index contributed by atoms with van der Waals surface area (Å²) in [5.41, 5.74) is 1.62. The normalized spacial score (nSPS) is 16.6. The number of anilines is 3. The number of rotatable bonds is 8. The van der Waals surface area contributed by atoms with Crippen LogP contribution in [0.15, 0.2) is 34.8 Å². The summed E-state index contributed by atoms with van der Waals surface area (Å²) >= 11 is 3.13. The third kappa shape index (κ3) is 4.79. The quantitative estimate of drug-likeness (QED) is 0.391. The zero-order valence-electron chi connectivity index (χ0n) is 19.8. The lowest BCUT2D eigenvalue weighted by Gasteiger charge is -2.31. The van der Waals surface area contributed by atoms with Gasteiger partial charge >= 0.3 is 0 Å². The molecule has 1 aliphatic carbocycles. The molecule has 0 spiro atoms. The number of para-hydroxylation sites is 2. The van der Waals surface area contributed by atoms with Crippen LogP contribution in [-0.2, 0) is 10.5 Å². The van der Waals surface area contributed by atoms with Crippen molar-refractivity contribution in [3.05, 3.63) is 35.3 Å². The first-order valence-corrected chi connectivity index (χ1v) is 13.6. The smallest absolute Gasteiger partial charge is 0.230 e. The average Bonchev–Trinajstić information content (AvgIpc) is 3.42. The minimum absolute atomic E-state index is 0.105. The number of ether oxygens (including phenoxy) is 1. The number of carbonyl (C=O) groups excluding carboxylic acids is 1. The summed E-state index contributed by atoms with van der Waals surface area (Å²) in [6.07, 6.45) is 4.80. The second-order valence-corrected chi connectivity index (χ2v) is 10.8. The van der Waals surface area contributed by atoms with Gasteiger partial charge in [-0.3, -0.25) is 14.3 Å². The van der Waals surface area contributed by atoms with Gasteiger partial charge in [0.05, 0.1) is 18.5 Å². The van der Waals surface area contributed by atoms with Crippen LogP contribution in [0.5, 0.6) is 5.75 Å². The van der Waals surface area contributed by atoms with Crippen LogP contribution in [0, 0.1) is 5.92 Å². The maximum absolute atomic E-state index is 12.5. The zero-order valence-corrected chi connectivity index (χ0v) is 21.4. The predicted octanol–water partition coefficient (Wildman–Crippen LogP) is 5.29. The second kappa shape index (κ2) is 9.95. The number of thioether (sulfide) groups is 1. The van der Waals surface area contributed by atoms with Crippen LogP contribution in [0.25, 0.3) is 0 Å². The number of thiazole rings is 1. The third-order valence-corrected chi connectivity index (χ3v) is 8.20. The van der Waals surface area contributed by atoms with Gasteiger partial charge in [-0.2, -0.15) is 0 Å². The van der Waals surface area contributed by atoms with Crippen LogP contribution in [0.2, 0.25) is 0 Å². The molecule has 0 bridgehead atoms. The Hall–Kier alpha value is -2.59. The van der Waals surface area contributed by atoms with E-state index in [1.807, 2.05) is 29.6 Å². The number of benzene rings is 1. The third-order valence-electron chi connectivity index (χ3n) is 6.35. The Morgan fingerprint density at radius 1 is 1.21 bits per heavy atom. The first-order valence-electron chi connectivity index (χ1n) is 11.8. The molecule has 1 aliphatic heterocycles. The maximum atomic E-state index is 12.5. The van der Waals surface area contributed by atoms with Crippen molar-refractivity contribution in [2.75, 3.05) is 30.0 Å². The number of methoxy groups -OCH3 is 1. The Bertz CT molecular complexity index is 1150. The summed E-state index contributed by atoms with van der Waals surface area (Å²) < 4.78 is 7.80. The summed E-state index contributed by atoms with van der Waals surface area (Å²) in [4.78, 5) is 21.3. The zero-order chi connectivity index (χ0) is 23.7. The van der Waals surface area contributed by atoms with Gasteiger partial charge < -0.3 is 9.64 Å². The monoisotopic (exact) mass is 498 g/mol. The second-order valence-electron chi connectivity index (χ2n) is 8.99. The SMILES string of the molecule is COc1ccccc1N(C(C)=O)c1nc(CSc2nnc(N3CCC(C)CC3)n2C2CC2)cs1. The van der Waals surface area contributed by atoms with Gasteiger partial charge in [-0.15, -0.1) is 21.5 Å². The molecule has 2 aliphatic rings. The molecule has 1 saturated carbocycles. The number of hydrogen-bond donors (Lipinski definition) is 0. The van der Waals surface area contributed by atoms with Crippen molar-refractivity contribution >= 4 is 45.8 Å². The van der Waals surface area contributed by atoms with Gasteiger partial charge in [0.15, 0.2) is 10.3 Å². The number of piperidine rings is 1. The van der Waals surface area contributed by atoms with Crippen LogP contribution in [0.3, 0.4) is 0 Å². The molecule has 3 aromatic rings. The molecule has 3 heterocycles. The van der Waals surface area contributed by atoms with E-state index in [1.54, 1.807) is 30.7 Å². The van der Waals surface area contributed by atoms with Gasteiger partial charge in [-0.05, 0) is 43.7 Å². The summed E-state index contributed by atoms with van der Waals surface area (Å²) in [6.45, 7) is 5.97. The van der Waals surface area contributed by atoms with Gasteiger partial charge in [0.1, 0.15) is 5.75 Å². The molecule has 8 nitrogen and oxygen atoms in total. The predicted molar refractivity (Wildman–Crippen MR) is 136 cm³/mol. The van der Waals surface area contributed by atoms with Crippen LogP contribution < -0.4 is 14.5 Å². The Balaban J connectivity index is 1.32. The maximum Gasteiger partial charge on any atom is 0.230 e. The molecular formula is C24H30N6O2S2. The molecule has 5 rings (SSSR count). The molecule has 0 atom stereocenters. The number of carbonyl (C=O) groups is 1. The van der Waals surface area contributed by atoms with Crippen molar-refractivity contribution in [1.29, 1.82) is 0 Å². The largest absolute Gasteiger partial charge is 0.495 e. The van der Waals surface area contributed by atoms with E-state index in [0.717, 1.165) is 35.8 Å². The van der Waals surface area contributed by atoms with Gasteiger partial charge in [0, 0.05) is 37.2 Å². The van der Waals surface area contributed by atoms with E-state index in [0.29, 0.717) is 28.4 Å². The number of nitrogens with zero attached hydrogens (tertiary/aromatic N) is 6. The van der Waals surface area contributed by atoms with E-state index < -0.39 is 0 Å². The van der Waals surface area contributed by atoms with Crippen molar-refractivity contribution in [2.24, 2.45) is 5.92 Å². The molecule has 1 saturated heterocycles. The van der Waals surface area contributed by atoms with Crippen molar-refractivity contribution in [1.82, 2.24) is 19.7 Å². The molecule has 1 amide bonds. The average molecular weight is 499 g/mol. The molecule has 10 heteroatoms. The van der Waals surface area contributed by atoms with Crippen LogP contribution >= 0.6 is 23.1 Å². The summed E-state index contributed by atoms with van der Waals surface area (Å²) in [7, 11) is 1.61. The highest BCUT2D eigenvalue weighted by molar-refractivity contribution is 7.98. The van der Waals surface area contributed by atoms with E-state index in [9.17, 15) is 4.79 Å². The Morgan fingerprint density at radius 3 is 2.68 bits per heavy atom. The van der Waals surface area contributed by atoms with Crippen molar-refractivity contribution in [3.8, 4) is 5.75 Å². The van der Waals surface area contributed by atoms with E-state index in [1.165, 1.54) is 37.0 Å². The Kier molecular flexibility index (Phi) is 6.78. The molecule has 2 aromatic heterocycles. The lowest BCUT2D eigenvalue weighted by Crippen LogP contribution is -2.34. The fraction of sp³-hybridized carbons (Fsp3) is 0.500. The summed E-state index contributed by atoms with van der Waals surface area (Å²) in [5.74, 6) is 3.02.